The molecule has 0 atom stereocenters. The molecule has 1 aliphatic heterocycles. The molecular weight excluding hydrogens is 370 g/mol. The average molecular weight is 396 g/mol. The van der Waals surface area contributed by atoms with Crippen LogP contribution in [0, 0.1) is 6.92 Å². The topological polar surface area (TPSA) is 92.0 Å². The molecule has 1 aliphatic rings. The molecule has 28 heavy (non-hydrogen) atoms. The maximum atomic E-state index is 6.10. The van der Waals surface area contributed by atoms with E-state index in [1.54, 1.807) is 11.3 Å². The first-order valence-corrected chi connectivity index (χ1v) is 10.4. The van der Waals surface area contributed by atoms with Crippen LogP contribution in [-0.2, 0) is 0 Å². The van der Waals surface area contributed by atoms with Crippen molar-refractivity contribution in [3.05, 3.63) is 36.2 Å². The number of piperazine rings is 1. The molecule has 1 aromatic carbocycles. The van der Waals surface area contributed by atoms with Crippen LogP contribution in [0.15, 0.2) is 30.5 Å². The predicted molar refractivity (Wildman–Crippen MR) is 117 cm³/mol. The lowest BCUT2D eigenvalue weighted by atomic mass is 10.1. The van der Waals surface area contributed by atoms with Crippen molar-refractivity contribution in [1.29, 1.82) is 0 Å². The predicted octanol–water partition coefficient (Wildman–Crippen LogP) is 3.00. The SMILES string of the molecule is CCNc1nc(C)c(-c2ccnc(-c3cc(N)ccc3N3CCNCC3)n2)s1. The summed E-state index contributed by atoms with van der Waals surface area (Å²) in [5.74, 6) is 0.691. The Morgan fingerprint density at radius 2 is 2.04 bits per heavy atom. The number of hydrogen-bond donors (Lipinski definition) is 3. The Balaban J connectivity index is 1.75. The highest BCUT2D eigenvalue weighted by Gasteiger charge is 2.18. The zero-order valence-electron chi connectivity index (χ0n) is 16.2. The Kier molecular flexibility index (Phi) is 5.40. The molecule has 146 valence electrons. The number of nitrogens with two attached hydrogens (primary N) is 1. The van der Waals surface area contributed by atoms with Crippen molar-refractivity contribution >= 4 is 27.8 Å². The number of nitrogens with one attached hydrogen (secondary N) is 2. The summed E-state index contributed by atoms with van der Waals surface area (Å²) in [5, 5.41) is 7.59. The van der Waals surface area contributed by atoms with E-state index in [2.05, 4.69) is 38.5 Å². The van der Waals surface area contributed by atoms with Crippen LogP contribution in [0.1, 0.15) is 12.6 Å². The van der Waals surface area contributed by atoms with E-state index in [0.717, 1.165) is 65.4 Å². The van der Waals surface area contributed by atoms with Crippen LogP contribution in [-0.4, -0.2) is 47.7 Å². The van der Waals surface area contributed by atoms with Gasteiger partial charge in [0.15, 0.2) is 11.0 Å². The average Bonchev–Trinajstić information content (AvgIpc) is 3.09. The summed E-state index contributed by atoms with van der Waals surface area (Å²) >= 11 is 1.62. The summed E-state index contributed by atoms with van der Waals surface area (Å²) in [5.41, 5.74) is 10.8. The second-order valence-electron chi connectivity index (χ2n) is 6.74. The van der Waals surface area contributed by atoms with Crippen LogP contribution in [0.2, 0.25) is 0 Å². The molecule has 0 amide bonds. The van der Waals surface area contributed by atoms with Gasteiger partial charge < -0.3 is 21.3 Å². The maximum Gasteiger partial charge on any atom is 0.183 e. The Morgan fingerprint density at radius 1 is 1.21 bits per heavy atom. The Labute approximate surface area is 169 Å². The zero-order chi connectivity index (χ0) is 19.5. The standard InChI is InChI=1S/C20H25N7S/c1-3-23-20-25-13(2)18(28-20)16-6-7-24-19(26-16)15-12-14(21)4-5-17(15)27-10-8-22-9-11-27/h4-7,12,22H,3,8-11,21H2,1-2H3,(H,23,25). The molecule has 2 aromatic heterocycles. The summed E-state index contributed by atoms with van der Waals surface area (Å²) in [6, 6.07) is 7.94. The molecular formula is C20H25N7S. The summed E-state index contributed by atoms with van der Waals surface area (Å²) in [6.45, 7) is 8.78. The Morgan fingerprint density at radius 3 is 2.82 bits per heavy atom. The van der Waals surface area contributed by atoms with Gasteiger partial charge in [0.05, 0.1) is 16.3 Å². The molecule has 1 saturated heterocycles. The highest BCUT2D eigenvalue weighted by molar-refractivity contribution is 7.19. The van der Waals surface area contributed by atoms with Crippen molar-refractivity contribution in [2.45, 2.75) is 13.8 Å². The number of rotatable bonds is 5. The van der Waals surface area contributed by atoms with E-state index < -0.39 is 0 Å². The van der Waals surface area contributed by atoms with Crippen molar-refractivity contribution in [2.75, 3.05) is 48.7 Å². The van der Waals surface area contributed by atoms with E-state index in [1.807, 2.05) is 31.3 Å². The molecule has 4 N–H and O–H groups in total. The lowest BCUT2D eigenvalue weighted by Gasteiger charge is -2.31. The molecule has 0 spiro atoms. The monoisotopic (exact) mass is 395 g/mol. The molecule has 7 nitrogen and oxygen atoms in total. The van der Waals surface area contributed by atoms with Gasteiger partial charge in [-0.1, -0.05) is 11.3 Å². The number of anilines is 3. The number of nitrogens with zero attached hydrogens (tertiary/aromatic N) is 4. The molecule has 0 aliphatic carbocycles. The number of nitrogen functional groups attached to an aromatic ring is 1. The largest absolute Gasteiger partial charge is 0.399 e. The van der Waals surface area contributed by atoms with Gasteiger partial charge in [-0.05, 0) is 38.1 Å². The van der Waals surface area contributed by atoms with Crippen LogP contribution >= 0.6 is 11.3 Å². The minimum atomic E-state index is 0.691. The fourth-order valence-corrected chi connectivity index (χ4v) is 4.39. The van der Waals surface area contributed by atoms with Crippen LogP contribution in [0.4, 0.5) is 16.5 Å². The normalized spacial score (nSPS) is 14.3. The van der Waals surface area contributed by atoms with Gasteiger partial charge in [0.1, 0.15) is 0 Å². The van der Waals surface area contributed by atoms with Gasteiger partial charge in [0.2, 0.25) is 0 Å². The van der Waals surface area contributed by atoms with E-state index >= 15 is 0 Å². The van der Waals surface area contributed by atoms with Gasteiger partial charge in [-0.3, -0.25) is 0 Å². The lowest BCUT2D eigenvalue weighted by molar-refractivity contribution is 0.589. The lowest BCUT2D eigenvalue weighted by Crippen LogP contribution is -2.43. The van der Waals surface area contributed by atoms with Gasteiger partial charge in [-0.15, -0.1) is 0 Å². The van der Waals surface area contributed by atoms with Crippen LogP contribution < -0.4 is 21.3 Å². The highest BCUT2D eigenvalue weighted by Crippen LogP contribution is 2.35. The molecule has 8 heteroatoms. The second kappa shape index (κ2) is 8.12. The first kappa shape index (κ1) is 18.6. The number of hydrogen-bond acceptors (Lipinski definition) is 8. The van der Waals surface area contributed by atoms with E-state index in [1.165, 1.54) is 0 Å². The van der Waals surface area contributed by atoms with Gasteiger partial charge in [0, 0.05) is 55.9 Å². The summed E-state index contributed by atoms with van der Waals surface area (Å²) in [6.07, 6.45) is 1.81. The van der Waals surface area contributed by atoms with Crippen molar-refractivity contribution in [1.82, 2.24) is 20.3 Å². The van der Waals surface area contributed by atoms with Crippen LogP contribution in [0.25, 0.3) is 22.0 Å². The third-order valence-electron chi connectivity index (χ3n) is 4.73. The van der Waals surface area contributed by atoms with Crippen molar-refractivity contribution < 1.29 is 0 Å². The molecule has 0 saturated carbocycles. The molecule has 0 bridgehead atoms. The van der Waals surface area contributed by atoms with Crippen LogP contribution in [0.3, 0.4) is 0 Å². The molecule has 4 rings (SSSR count). The van der Waals surface area contributed by atoms with Gasteiger partial charge in [-0.25, -0.2) is 15.0 Å². The summed E-state index contributed by atoms with van der Waals surface area (Å²) in [4.78, 5) is 17.5. The quantitative estimate of drug-likeness (QED) is 0.572. The maximum absolute atomic E-state index is 6.10. The highest BCUT2D eigenvalue weighted by atomic mass is 32.1. The zero-order valence-corrected chi connectivity index (χ0v) is 17.0. The van der Waals surface area contributed by atoms with Gasteiger partial charge in [-0.2, -0.15) is 0 Å². The number of benzene rings is 1. The first-order valence-electron chi connectivity index (χ1n) is 9.56. The molecule has 3 heterocycles. The van der Waals surface area contributed by atoms with Crippen molar-refractivity contribution in [3.8, 4) is 22.0 Å². The Hall–Kier alpha value is -2.71. The molecule has 1 fully saturated rings. The van der Waals surface area contributed by atoms with Crippen LogP contribution in [0.5, 0.6) is 0 Å². The third kappa shape index (κ3) is 3.79. The number of thiazole rings is 1. The van der Waals surface area contributed by atoms with E-state index in [-0.39, 0.29) is 0 Å². The molecule has 3 aromatic rings. The van der Waals surface area contributed by atoms with Gasteiger partial charge >= 0.3 is 0 Å². The third-order valence-corrected chi connectivity index (χ3v) is 5.87. The number of aryl methyl sites for hydroxylation is 1. The Bertz CT molecular complexity index is 963. The number of aromatic nitrogens is 3. The summed E-state index contributed by atoms with van der Waals surface area (Å²) in [7, 11) is 0. The fourth-order valence-electron chi connectivity index (χ4n) is 3.39. The fraction of sp³-hybridized carbons (Fsp3) is 0.350. The molecule has 0 radical (unpaired) electrons. The minimum Gasteiger partial charge on any atom is -0.399 e. The van der Waals surface area contributed by atoms with Crippen molar-refractivity contribution in [3.63, 3.8) is 0 Å². The minimum absolute atomic E-state index is 0.691. The van der Waals surface area contributed by atoms with E-state index in [0.29, 0.717) is 11.5 Å². The van der Waals surface area contributed by atoms with Crippen molar-refractivity contribution in [2.24, 2.45) is 0 Å². The van der Waals surface area contributed by atoms with E-state index in [9.17, 15) is 0 Å². The summed E-state index contributed by atoms with van der Waals surface area (Å²) < 4.78 is 0. The first-order chi connectivity index (χ1) is 13.7. The second-order valence-corrected chi connectivity index (χ2v) is 7.74. The van der Waals surface area contributed by atoms with Gasteiger partial charge in [0.25, 0.3) is 0 Å². The smallest absolute Gasteiger partial charge is 0.183 e. The molecule has 0 unspecified atom stereocenters. The van der Waals surface area contributed by atoms with E-state index in [4.69, 9.17) is 10.7 Å².